The molecule has 0 aliphatic rings. The first-order valence-corrected chi connectivity index (χ1v) is 13.7. The maximum Gasteiger partial charge on any atom is 0.197 e. The van der Waals surface area contributed by atoms with Crippen molar-refractivity contribution in [3.05, 3.63) is 72.1 Å². The first-order valence-electron chi connectivity index (χ1n) is 10.2. The lowest BCUT2D eigenvalue weighted by molar-refractivity contribution is 0.339. The summed E-state index contributed by atoms with van der Waals surface area (Å²) >= 11 is 1.44. The predicted octanol–water partition coefficient (Wildman–Crippen LogP) is 4.37. The van der Waals surface area contributed by atoms with Crippen molar-refractivity contribution in [1.29, 1.82) is 0 Å². The van der Waals surface area contributed by atoms with Crippen molar-refractivity contribution >= 4 is 54.2 Å². The number of thiazole rings is 1. The van der Waals surface area contributed by atoms with Gasteiger partial charge in [-0.2, -0.15) is 0 Å². The van der Waals surface area contributed by atoms with Crippen molar-refractivity contribution in [3.63, 3.8) is 0 Å². The van der Waals surface area contributed by atoms with Gasteiger partial charge in [-0.25, -0.2) is 9.97 Å². The van der Waals surface area contributed by atoms with Gasteiger partial charge in [0.25, 0.3) is 0 Å². The number of fused-ring (bicyclic) bond motifs is 2. The van der Waals surface area contributed by atoms with E-state index in [-0.39, 0.29) is 12.4 Å². The number of para-hydroxylation sites is 3. The first-order chi connectivity index (χ1) is 16.1. The van der Waals surface area contributed by atoms with E-state index in [1.54, 1.807) is 12.3 Å². The average molecular weight is 497 g/mol. The van der Waals surface area contributed by atoms with Gasteiger partial charge in [0, 0.05) is 11.8 Å². The van der Waals surface area contributed by atoms with Crippen molar-refractivity contribution in [1.82, 2.24) is 19.9 Å². The third kappa shape index (κ3) is 4.73. The summed E-state index contributed by atoms with van der Waals surface area (Å²) in [5, 5.41) is 0.426. The van der Waals surface area contributed by atoms with E-state index in [0.29, 0.717) is 26.7 Å². The van der Waals surface area contributed by atoms with E-state index in [2.05, 4.69) is 19.9 Å². The number of benzene rings is 2. The lowest BCUT2D eigenvalue weighted by Crippen LogP contribution is -2.10. The van der Waals surface area contributed by atoms with Gasteiger partial charge in [0.05, 0.1) is 60.0 Å². The molecule has 0 saturated heterocycles. The number of hydrogen-bond acceptors (Lipinski definition) is 7. The van der Waals surface area contributed by atoms with Gasteiger partial charge in [0.2, 0.25) is 0 Å². The SMILES string of the molecule is Cc1c(OCCS(=O)c2nc3ccccc3s2)ccnc1CS(=O)c1nc2ccccc2[nH]1. The van der Waals surface area contributed by atoms with Crippen molar-refractivity contribution in [3.8, 4) is 5.75 Å². The highest BCUT2D eigenvalue weighted by molar-refractivity contribution is 7.87. The van der Waals surface area contributed by atoms with Crippen LogP contribution in [0.15, 0.2) is 70.3 Å². The highest BCUT2D eigenvalue weighted by atomic mass is 32.2. The van der Waals surface area contributed by atoms with Crippen LogP contribution in [-0.2, 0) is 27.4 Å². The molecule has 3 aromatic heterocycles. The monoisotopic (exact) mass is 496 g/mol. The summed E-state index contributed by atoms with van der Waals surface area (Å²) in [6.07, 6.45) is 1.64. The van der Waals surface area contributed by atoms with Crippen molar-refractivity contribution in [2.24, 2.45) is 0 Å². The number of aromatic nitrogens is 4. The number of hydrogen-bond donors (Lipinski definition) is 1. The van der Waals surface area contributed by atoms with E-state index in [0.717, 1.165) is 26.8 Å². The molecule has 10 heteroatoms. The van der Waals surface area contributed by atoms with Gasteiger partial charge in [-0.05, 0) is 37.3 Å². The summed E-state index contributed by atoms with van der Waals surface area (Å²) in [6, 6.07) is 17.1. The Kier molecular flexibility index (Phi) is 6.30. The molecule has 0 aliphatic carbocycles. The zero-order chi connectivity index (χ0) is 22.8. The second-order valence-corrected chi connectivity index (χ2v) is 11.4. The lowest BCUT2D eigenvalue weighted by Gasteiger charge is -2.11. The Morgan fingerprint density at radius 2 is 1.76 bits per heavy atom. The third-order valence-corrected chi connectivity index (χ3v) is 8.92. The fourth-order valence-corrected chi connectivity index (χ4v) is 6.65. The molecular weight excluding hydrogens is 476 g/mol. The van der Waals surface area contributed by atoms with Gasteiger partial charge in [-0.1, -0.05) is 24.3 Å². The molecule has 33 heavy (non-hydrogen) atoms. The van der Waals surface area contributed by atoms with Crippen LogP contribution in [0.2, 0.25) is 0 Å². The molecule has 0 radical (unpaired) electrons. The molecule has 3 heterocycles. The predicted molar refractivity (Wildman–Crippen MR) is 132 cm³/mol. The largest absolute Gasteiger partial charge is 0.492 e. The molecule has 2 atom stereocenters. The van der Waals surface area contributed by atoms with Gasteiger partial charge in [0.1, 0.15) is 12.4 Å². The average Bonchev–Trinajstić information content (AvgIpc) is 3.45. The van der Waals surface area contributed by atoms with Crippen LogP contribution in [-0.4, -0.2) is 40.7 Å². The molecule has 0 bridgehead atoms. The summed E-state index contributed by atoms with van der Waals surface area (Å²) in [7, 11) is -2.61. The van der Waals surface area contributed by atoms with Crippen molar-refractivity contribution in [2.45, 2.75) is 22.2 Å². The first kappa shape index (κ1) is 21.9. The van der Waals surface area contributed by atoms with E-state index in [1.165, 1.54) is 11.3 Å². The number of imidazole rings is 1. The molecule has 7 nitrogen and oxygen atoms in total. The molecule has 0 amide bonds. The topological polar surface area (TPSA) is 97.8 Å². The summed E-state index contributed by atoms with van der Waals surface area (Å²) in [5.41, 5.74) is 3.98. The lowest BCUT2D eigenvalue weighted by atomic mass is 10.2. The summed E-state index contributed by atoms with van der Waals surface area (Å²) in [5.74, 6) is 1.20. The maximum atomic E-state index is 12.9. The zero-order valence-corrected chi connectivity index (χ0v) is 20.1. The highest BCUT2D eigenvalue weighted by Crippen LogP contribution is 2.25. The number of ether oxygens (including phenoxy) is 1. The van der Waals surface area contributed by atoms with Gasteiger partial charge >= 0.3 is 0 Å². The quantitative estimate of drug-likeness (QED) is 0.343. The molecule has 0 fully saturated rings. The fourth-order valence-electron chi connectivity index (χ4n) is 3.35. The minimum atomic E-state index is -1.37. The number of rotatable bonds is 8. The molecule has 5 rings (SSSR count). The molecule has 0 saturated carbocycles. The maximum absolute atomic E-state index is 12.9. The molecule has 2 aromatic carbocycles. The standard InChI is InChI=1S/C23H20N4O3S3/c1-15-19(14-33(29)22-25-16-6-2-3-7-17(16)26-22)24-11-10-20(15)30-12-13-32(28)23-27-18-8-4-5-9-21(18)31-23/h2-11H,12-14H2,1H3,(H,25,26). The van der Waals surface area contributed by atoms with Crippen molar-refractivity contribution in [2.75, 3.05) is 12.4 Å². The second-order valence-electron chi connectivity index (χ2n) is 7.28. The molecule has 0 spiro atoms. The third-order valence-electron chi connectivity index (χ3n) is 5.11. The Morgan fingerprint density at radius 1 is 0.970 bits per heavy atom. The number of aromatic amines is 1. The number of pyridine rings is 1. The Hall–Kier alpha value is -2.95. The van der Waals surface area contributed by atoms with E-state index in [1.807, 2.05) is 55.5 Å². The minimum absolute atomic E-state index is 0.223. The molecule has 0 aliphatic heterocycles. The zero-order valence-electron chi connectivity index (χ0n) is 17.7. The Bertz CT molecular complexity index is 1430. The van der Waals surface area contributed by atoms with Crippen molar-refractivity contribution < 1.29 is 13.2 Å². The van der Waals surface area contributed by atoms with E-state index < -0.39 is 21.6 Å². The Balaban J connectivity index is 1.23. The van der Waals surface area contributed by atoms with Crippen LogP contribution in [0.4, 0.5) is 0 Å². The second kappa shape index (κ2) is 9.50. The number of nitrogens with one attached hydrogen (secondary N) is 1. The van der Waals surface area contributed by atoms with Gasteiger partial charge in [-0.15, -0.1) is 11.3 Å². The van der Waals surface area contributed by atoms with Crippen LogP contribution >= 0.6 is 11.3 Å². The molecule has 1 N–H and O–H groups in total. The summed E-state index contributed by atoms with van der Waals surface area (Å²) < 4.78 is 33.0. The van der Waals surface area contributed by atoms with Gasteiger partial charge in [-0.3, -0.25) is 13.4 Å². The number of nitrogens with zero attached hydrogens (tertiary/aromatic N) is 3. The van der Waals surface area contributed by atoms with Crippen LogP contribution in [0.25, 0.3) is 21.3 Å². The van der Waals surface area contributed by atoms with Crippen LogP contribution in [0.1, 0.15) is 11.3 Å². The van der Waals surface area contributed by atoms with E-state index in [4.69, 9.17) is 4.74 Å². The smallest absolute Gasteiger partial charge is 0.197 e. The van der Waals surface area contributed by atoms with Crippen LogP contribution in [0.5, 0.6) is 5.75 Å². The fraction of sp³-hybridized carbons (Fsp3) is 0.174. The van der Waals surface area contributed by atoms with E-state index >= 15 is 0 Å². The molecule has 5 aromatic rings. The minimum Gasteiger partial charge on any atom is -0.492 e. The molecule has 2 unspecified atom stereocenters. The Labute approximate surface area is 199 Å². The van der Waals surface area contributed by atoms with Gasteiger partial charge < -0.3 is 9.72 Å². The van der Waals surface area contributed by atoms with Crippen LogP contribution in [0, 0.1) is 6.92 Å². The Morgan fingerprint density at radius 3 is 2.58 bits per heavy atom. The highest BCUT2D eigenvalue weighted by Gasteiger charge is 2.16. The van der Waals surface area contributed by atoms with Crippen LogP contribution in [0.3, 0.4) is 0 Å². The number of H-pyrrole nitrogens is 1. The molecule has 168 valence electrons. The van der Waals surface area contributed by atoms with E-state index in [9.17, 15) is 8.42 Å². The summed E-state index contributed by atoms with van der Waals surface area (Å²) in [6.45, 7) is 2.16. The summed E-state index contributed by atoms with van der Waals surface area (Å²) in [4.78, 5) is 16.4. The molecular formula is C23H20N4O3S3. The van der Waals surface area contributed by atoms with Gasteiger partial charge in [0.15, 0.2) is 9.50 Å². The van der Waals surface area contributed by atoms with Crippen LogP contribution < -0.4 is 4.74 Å². The normalized spacial score (nSPS) is 13.4.